The van der Waals surface area contributed by atoms with Crippen LogP contribution in [-0.2, 0) is 0 Å². The van der Waals surface area contributed by atoms with Crippen LogP contribution in [0.15, 0.2) is 18.2 Å². The first kappa shape index (κ1) is 15.3. The van der Waals surface area contributed by atoms with E-state index in [4.69, 9.17) is 4.74 Å². The third-order valence-electron chi connectivity index (χ3n) is 3.15. The van der Waals surface area contributed by atoms with E-state index < -0.39 is 41.8 Å². The molecular formula is C14H10BF5O. The molecule has 0 saturated carbocycles. The zero-order chi connectivity index (χ0) is 15.7. The van der Waals surface area contributed by atoms with Crippen molar-refractivity contribution >= 4 is 18.2 Å². The molecule has 21 heavy (non-hydrogen) atoms. The Bertz CT molecular complexity index is 702. The monoisotopic (exact) mass is 300 g/mol. The van der Waals surface area contributed by atoms with Gasteiger partial charge in [0.15, 0.2) is 5.82 Å². The van der Waals surface area contributed by atoms with Crippen molar-refractivity contribution in [3.05, 3.63) is 52.8 Å². The van der Waals surface area contributed by atoms with Crippen molar-refractivity contribution in [1.29, 1.82) is 0 Å². The summed E-state index contributed by atoms with van der Waals surface area (Å²) in [5.41, 5.74) is -0.904. The fraction of sp³-hybridized carbons (Fsp3) is 0.143. The molecule has 0 bridgehead atoms. The summed E-state index contributed by atoms with van der Waals surface area (Å²) in [5.74, 6) is -5.42. The fourth-order valence-electron chi connectivity index (χ4n) is 2.07. The van der Waals surface area contributed by atoms with Gasteiger partial charge in [-0.2, -0.15) is 0 Å². The average molecular weight is 300 g/mol. The van der Waals surface area contributed by atoms with Gasteiger partial charge in [0.1, 0.15) is 29.0 Å². The van der Waals surface area contributed by atoms with Gasteiger partial charge in [-0.15, -0.1) is 0 Å². The molecule has 0 aliphatic carbocycles. The summed E-state index contributed by atoms with van der Waals surface area (Å²) in [6, 6.07) is 2.06. The van der Waals surface area contributed by atoms with E-state index in [-0.39, 0.29) is 16.8 Å². The number of hydrogen-bond donors (Lipinski definition) is 0. The molecule has 2 rings (SSSR count). The Balaban J connectivity index is 2.56. The molecule has 2 aromatic rings. The smallest absolute Gasteiger partial charge is 0.205 e. The van der Waals surface area contributed by atoms with E-state index in [0.717, 1.165) is 20.1 Å². The van der Waals surface area contributed by atoms with E-state index in [1.807, 2.05) is 0 Å². The van der Waals surface area contributed by atoms with Crippen molar-refractivity contribution in [3.63, 3.8) is 0 Å². The standard InChI is InChI=1S/C14H10BF5O/c1-6-9(17)5-10(18)12(13(6)20)15-8-3-7(16)4-11(19)14(8)21-2/h3-5,15H,1-2H3. The Labute approximate surface area is 118 Å². The number of halogens is 5. The lowest BCUT2D eigenvalue weighted by Gasteiger charge is -2.11. The first-order chi connectivity index (χ1) is 9.85. The maximum atomic E-state index is 13.9. The molecule has 2 aromatic carbocycles. The van der Waals surface area contributed by atoms with E-state index in [1.54, 1.807) is 0 Å². The van der Waals surface area contributed by atoms with Gasteiger partial charge < -0.3 is 4.74 Å². The molecule has 0 spiro atoms. The van der Waals surface area contributed by atoms with Gasteiger partial charge in [0.25, 0.3) is 0 Å². The number of ether oxygens (including phenoxy) is 1. The highest BCUT2D eigenvalue weighted by Gasteiger charge is 2.21. The molecule has 0 saturated heterocycles. The van der Waals surface area contributed by atoms with Gasteiger partial charge in [-0.05, 0) is 23.9 Å². The zero-order valence-corrected chi connectivity index (χ0v) is 11.2. The molecule has 110 valence electrons. The maximum absolute atomic E-state index is 13.9. The molecule has 0 amide bonds. The van der Waals surface area contributed by atoms with Crippen molar-refractivity contribution in [1.82, 2.24) is 0 Å². The van der Waals surface area contributed by atoms with E-state index in [9.17, 15) is 22.0 Å². The predicted molar refractivity (Wildman–Crippen MR) is 70.4 cm³/mol. The quantitative estimate of drug-likeness (QED) is 0.623. The summed E-state index contributed by atoms with van der Waals surface area (Å²) in [6.45, 7) is 1.15. The van der Waals surface area contributed by atoms with Gasteiger partial charge in [0.05, 0.1) is 7.11 Å². The lowest BCUT2D eigenvalue weighted by atomic mass is 9.62. The minimum atomic E-state index is -1.12. The summed E-state index contributed by atoms with van der Waals surface area (Å²) in [7, 11) is 0.694. The van der Waals surface area contributed by atoms with Crippen LogP contribution in [0.5, 0.6) is 5.75 Å². The SMILES string of the molecule is COc1c(F)cc(F)cc1Bc1c(F)cc(F)c(C)c1F. The highest BCUT2D eigenvalue weighted by molar-refractivity contribution is 6.68. The number of benzene rings is 2. The molecule has 0 radical (unpaired) electrons. The predicted octanol–water partition coefficient (Wildman–Crippen LogP) is 2.09. The van der Waals surface area contributed by atoms with Gasteiger partial charge in [-0.3, -0.25) is 0 Å². The van der Waals surface area contributed by atoms with Gasteiger partial charge in [0.2, 0.25) is 7.28 Å². The molecule has 0 fully saturated rings. The fourth-order valence-corrected chi connectivity index (χ4v) is 2.07. The van der Waals surface area contributed by atoms with Crippen molar-refractivity contribution < 1.29 is 26.7 Å². The zero-order valence-electron chi connectivity index (χ0n) is 11.2. The summed E-state index contributed by atoms with van der Waals surface area (Å²) < 4.78 is 72.4. The molecule has 0 aliphatic heterocycles. The summed E-state index contributed by atoms with van der Waals surface area (Å²) in [6.07, 6.45) is 0. The topological polar surface area (TPSA) is 9.23 Å². The van der Waals surface area contributed by atoms with Crippen LogP contribution in [0.4, 0.5) is 22.0 Å². The minimum absolute atomic E-state index is 0.0705. The van der Waals surface area contributed by atoms with Gasteiger partial charge in [-0.25, -0.2) is 22.0 Å². The van der Waals surface area contributed by atoms with Crippen LogP contribution >= 0.6 is 0 Å². The second kappa shape index (κ2) is 5.75. The minimum Gasteiger partial charge on any atom is -0.494 e. The Hall–Kier alpha value is -2.05. The molecule has 0 unspecified atom stereocenters. The van der Waals surface area contributed by atoms with E-state index in [0.29, 0.717) is 12.1 Å². The second-order valence-electron chi connectivity index (χ2n) is 4.51. The van der Waals surface area contributed by atoms with Gasteiger partial charge in [-0.1, -0.05) is 0 Å². The van der Waals surface area contributed by atoms with Crippen LogP contribution in [-0.4, -0.2) is 14.4 Å². The molecule has 0 heterocycles. The third kappa shape index (κ3) is 2.86. The number of hydrogen-bond acceptors (Lipinski definition) is 1. The largest absolute Gasteiger partial charge is 0.494 e. The van der Waals surface area contributed by atoms with Crippen LogP contribution in [0.3, 0.4) is 0 Å². The first-order valence-electron chi connectivity index (χ1n) is 6.00. The normalized spacial score (nSPS) is 10.6. The summed E-state index contributed by atoms with van der Waals surface area (Å²) in [5, 5.41) is 0. The van der Waals surface area contributed by atoms with Crippen molar-refractivity contribution in [3.8, 4) is 5.75 Å². The Morgan fingerprint density at radius 1 is 0.905 bits per heavy atom. The van der Waals surface area contributed by atoms with Crippen LogP contribution in [0.25, 0.3) is 0 Å². The average Bonchev–Trinajstić information content (AvgIpc) is 2.41. The highest BCUT2D eigenvalue weighted by atomic mass is 19.2. The Morgan fingerprint density at radius 2 is 1.57 bits per heavy atom. The van der Waals surface area contributed by atoms with Crippen LogP contribution in [0, 0.1) is 36.0 Å². The Kier molecular flexibility index (Phi) is 4.20. The molecule has 0 N–H and O–H groups in total. The van der Waals surface area contributed by atoms with Gasteiger partial charge in [0, 0.05) is 17.7 Å². The highest BCUT2D eigenvalue weighted by Crippen LogP contribution is 2.16. The molecule has 0 atom stereocenters. The van der Waals surface area contributed by atoms with Crippen molar-refractivity contribution in [2.24, 2.45) is 0 Å². The molecule has 0 aliphatic rings. The molecule has 1 nitrogen and oxygen atoms in total. The number of methoxy groups -OCH3 is 1. The molecule has 0 aromatic heterocycles. The number of rotatable bonds is 3. The summed E-state index contributed by atoms with van der Waals surface area (Å²) in [4.78, 5) is 0. The van der Waals surface area contributed by atoms with Crippen molar-refractivity contribution in [2.75, 3.05) is 7.11 Å². The molecule has 7 heteroatoms. The van der Waals surface area contributed by atoms with E-state index >= 15 is 0 Å². The van der Waals surface area contributed by atoms with Gasteiger partial charge >= 0.3 is 0 Å². The third-order valence-corrected chi connectivity index (χ3v) is 3.15. The maximum Gasteiger partial charge on any atom is 0.205 e. The van der Waals surface area contributed by atoms with E-state index in [2.05, 4.69) is 0 Å². The van der Waals surface area contributed by atoms with Crippen molar-refractivity contribution in [2.45, 2.75) is 6.92 Å². The summed E-state index contributed by atoms with van der Waals surface area (Å²) >= 11 is 0. The van der Waals surface area contributed by atoms with Crippen LogP contribution in [0.1, 0.15) is 5.56 Å². The lowest BCUT2D eigenvalue weighted by molar-refractivity contribution is 0.388. The van der Waals surface area contributed by atoms with Crippen LogP contribution < -0.4 is 15.7 Å². The lowest BCUT2D eigenvalue weighted by Crippen LogP contribution is -2.35. The first-order valence-corrected chi connectivity index (χ1v) is 6.00. The second-order valence-corrected chi connectivity index (χ2v) is 4.51. The van der Waals surface area contributed by atoms with Crippen LogP contribution in [0.2, 0.25) is 0 Å². The van der Waals surface area contributed by atoms with E-state index in [1.165, 1.54) is 0 Å². The Morgan fingerprint density at radius 3 is 2.19 bits per heavy atom. The molecular weight excluding hydrogens is 290 g/mol.